The highest BCUT2D eigenvalue weighted by Crippen LogP contribution is 2.33. The molecule has 0 radical (unpaired) electrons. The van der Waals surface area contributed by atoms with Crippen molar-refractivity contribution in [2.24, 2.45) is 0 Å². The lowest BCUT2D eigenvalue weighted by molar-refractivity contribution is -0.114. The van der Waals surface area contributed by atoms with E-state index in [1.807, 2.05) is 6.07 Å². The van der Waals surface area contributed by atoms with E-state index in [2.05, 4.69) is 10.6 Å². The second-order valence-electron chi connectivity index (χ2n) is 3.23. The number of hydrogen-bond acceptors (Lipinski definition) is 3. The molecule has 2 amide bonds. The highest BCUT2D eigenvalue weighted by atomic mass is 35.5. The van der Waals surface area contributed by atoms with E-state index >= 15 is 0 Å². The fourth-order valence-electron chi connectivity index (χ4n) is 1.35. The number of alkyl halides is 1. The number of halogens is 1. The van der Waals surface area contributed by atoms with Crippen LogP contribution >= 0.6 is 23.4 Å². The molecule has 84 valence electrons. The molecule has 1 heterocycles. The summed E-state index contributed by atoms with van der Waals surface area (Å²) >= 11 is 6.84. The molecule has 0 saturated heterocycles. The molecule has 1 aromatic rings. The molecule has 0 unspecified atom stereocenters. The van der Waals surface area contributed by atoms with Crippen LogP contribution in [0.5, 0.6) is 0 Å². The predicted molar refractivity (Wildman–Crippen MR) is 65.1 cm³/mol. The van der Waals surface area contributed by atoms with Gasteiger partial charge in [0.25, 0.3) is 0 Å². The van der Waals surface area contributed by atoms with Crippen LogP contribution in [-0.2, 0) is 9.59 Å². The summed E-state index contributed by atoms with van der Waals surface area (Å²) in [5.74, 6) is 0.0856. The number of hydrogen-bond donors (Lipinski definition) is 2. The first-order chi connectivity index (χ1) is 7.69. The molecule has 0 aliphatic carbocycles. The number of fused-ring (bicyclic) bond motifs is 1. The first-order valence-corrected chi connectivity index (χ1v) is 6.13. The van der Waals surface area contributed by atoms with Crippen LogP contribution < -0.4 is 10.6 Å². The minimum atomic E-state index is -0.244. The summed E-state index contributed by atoms with van der Waals surface area (Å²) in [6.07, 6.45) is 0. The summed E-state index contributed by atoms with van der Waals surface area (Å²) in [4.78, 5) is 23.1. The van der Waals surface area contributed by atoms with Crippen LogP contribution in [0.15, 0.2) is 23.1 Å². The minimum absolute atomic E-state index is 0.00459. The third kappa shape index (κ3) is 2.48. The second kappa shape index (κ2) is 4.76. The molecule has 1 aromatic carbocycles. The number of anilines is 2. The molecular formula is C10H9ClN2O2S. The van der Waals surface area contributed by atoms with Gasteiger partial charge in [-0.1, -0.05) is 0 Å². The van der Waals surface area contributed by atoms with Crippen LogP contribution in [0.2, 0.25) is 0 Å². The lowest BCUT2D eigenvalue weighted by Gasteiger charge is -2.17. The first kappa shape index (κ1) is 11.3. The van der Waals surface area contributed by atoms with E-state index < -0.39 is 0 Å². The maximum Gasteiger partial charge on any atom is 0.239 e. The van der Waals surface area contributed by atoms with E-state index in [9.17, 15) is 9.59 Å². The lowest BCUT2D eigenvalue weighted by atomic mass is 10.2. The van der Waals surface area contributed by atoms with Gasteiger partial charge in [0.2, 0.25) is 11.8 Å². The van der Waals surface area contributed by atoms with Crippen LogP contribution in [0.1, 0.15) is 0 Å². The molecule has 2 N–H and O–H groups in total. The van der Waals surface area contributed by atoms with Crippen LogP contribution in [0.3, 0.4) is 0 Å². The number of nitrogens with one attached hydrogen (secondary N) is 2. The Labute approximate surface area is 102 Å². The van der Waals surface area contributed by atoms with Gasteiger partial charge in [-0.3, -0.25) is 9.59 Å². The highest BCUT2D eigenvalue weighted by molar-refractivity contribution is 8.00. The van der Waals surface area contributed by atoms with Crippen molar-refractivity contribution in [2.45, 2.75) is 4.90 Å². The molecule has 0 saturated carbocycles. The molecule has 4 nitrogen and oxygen atoms in total. The van der Waals surface area contributed by atoms with Crippen molar-refractivity contribution in [1.82, 2.24) is 0 Å². The molecule has 2 rings (SSSR count). The summed E-state index contributed by atoms with van der Waals surface area (Å²) in [6.45, 7) is 0. The minimum Gasteiger partial charge on any atom is -0.325 e. The monoisotopic (exact) mass is 256 g/mol. The third-order valence-corrected chi connectivity index (χ3v) is 3.32. The van der Waals surface area contributed by atoms with E-state index in [-0.39, 0.29) is 17.7 Å². The highest BCUT2D eigenvalue weighted by Gasteiger charge is 2.15. The molecule has 0 fully saturated rings. The Morgan fingerprint density at radius 2 is 2.38 bits per heavy atom. The van der Waals surface area contributed by atoms with Crippen molar-refractivity contribution in [2.75, 3.05) is 22.3 Å². The quantitative estimate of drug-likeness (QED) is 0.795. The predicted octanol–water partition coefficient (Wildman–Crippen LogP) is 1.91. The topological polar surface area (TPSA) is 58.2 Å². The maximum absolute atomic E-state index is 11.1. The van der Waals surface area contributed by atoms with Gasteiger partial charge in [0.15, 0.2) is 0 Å². The van der Waals surface area contributed by atoms with E-state index in [4.69, 9.17) is 11.6 Å². The zero-order chi connectivity index (χ0) is 11.5. The molecule has 1 aliphatic heterocycles. The molecule has 0 bridgehead atoms. The summed E-state index contributed by atoms with van der Waals surface area (Å²) in [6, 6.07) is 5.32. The van der Waals surface area contributed by atoms with Gasteiger partial charge < -0.3 is 10.6 Å². The van der Waals surface area contributed by atoms with Crippen molar-refractivity contribution < 1.29 is 9.59 Å². The van der Waals surface area contributed by atoms with Crippen LogP contribution in [0.4, 0.5) is 11.4 Å². The summed E-state index contributed by atoms with van der Waals surface area (Å²) < 4.78 is 0. The average molecular weight is 257 g/mol. The zero-order valence-electron chi connectivity index (χ0n) is 8.25. The van der Waals surface area contributed by atoms with Gasteiger partial charge in [0.1, 0.15) is 5.88 Å². The first-order valence-electron chi connectivity index (χ1n) is 4.61. The van der Waals surface area contributed by atoms with E-state index in [1.54, 1.807) is 12.1 Å². The number of benzene rings is 1. The average Bonchev–Trinajstić information content (AvgIpc) is 2.29. The Balaban J connectivity index is 2.19. The zero-order valence-corrected chi connectivity index (χ0v) is 9.82. The molecule has 0 atom stereocenters. The van der Waals surface area contributed by atoms with Crippen LogP contribution in [0.25, 0.3) is 0 Å². The Hall–Kier alpha value is -1.20. The largest absolute Gasteiger partial charge is 0.325 e. The van der Waals surface area contributed by atoms with Gasteiger partial charge in [0.05, 0.1) is 11.4 Å². The van der Waals surface area contributed by atoms with Crippen molar-refractivity contribution >= 4 is 46.6 Å². The summed E-state index contributed by atoms with van der Waals surface area (Å²) in [7, 11) is 0. The number of rotatable bonds is 2. The van der Waals surface area contributed by atoms with E-state index in [1.165, 1.54) is 11.8 Å². The molecule has 16 heavy (non-hydrogen) atoms. The maximum atomic E-state index is 11.1. The molecule has 0 aromatic heterocycles. The molecular weight excluding hydrogens is 248 g/mol. The third-order valence-electron chi connectivity index (χ3n) is 2.02. The van der Waals surface area contributed by atoms with E-state index in [0.29, 0.717) is 11.4 Å². The number of amides is 2. The van der Waals surface area contributed by atoms with E-state index in [0.717, 1.165) is 10.6 Å². The second-order valence-corrected chi connectivity index (χ2v) is 4.51. The van der Waals surface area contributed by atoms with Gasteiger partial charge >= 0.3 is 0 Å². The number of carbonyl (C=O) groups excluding carboxylic acids is 2. The fourth-order valence-corrected chi connectivity index (χ4v) is 2.26. The van der Waals surface area contributed by atoms with Gasteiger partial charge in [-0.05, 0) is 18.2 Å². The van der Waals surface area contributed by atoms with Crippen molar-refractivity contribution in [3.8, 4) is 0 Å². The molecule has 0 spiro atoms. The van der Waals surface area contributed by atoms with Crippen LogP contribution in [-0.4, -0.2) is 23.4 Å². The number of carbonyl (C=O) groups is 2. The smallest absolute Gasteiger partial charge is 0.239 e. The Morgan fingerprint density at radius 1 is 1.56 bits per heavy atom. The van der Waals surface area contributed by atoms with Crippen LogP contribution in [0, 0.1) is 0 Å². The van der Waals surface area contributed by atoms with Gasteiger partial charge in [-0.25, -0.2) is 0 Å². The normalized spacial score (nSPS) is 13.9. The fraction of sp³-hybridized carbons (Fsp3) is 0.200. The summed E-state index contributed by atoms with van der Waals surface area (Å²) in [5.41, 5.74) is 1.47. The number of thioether (sulfide) groups is 1. The van der Waals surface area contributed by atoms with Crippen molar-refractivity contribution in [1.29, 1.82) is 0 Å². The standard InChI is InChI=1S/C10H9ClN2O2S/c11-4-9(14)12-6-1-2-7-8(3-6)16-5-10(15)13-7/h1-3H,4-5H2,(H,12,14)(H,13,15). The molecule has 6 heteroatoms. The Bertz CT molecular complexity index is 450. The lowest BCUT2D eigenvalue weighted by Crippen LogP contribution is -2.19. The van der Waals surface area contributed by atoms with Crippen molar-refractivity contribution in [3.63, 3.8) is 0 Å². The molecule has 1 aliphatic rings. The van der Waals surface area contributed by atoms with Gasteiger partial charge in [-0.15, -0.1) is 23.4 Å². The summed E-state index contributed by atoms with van der Waals surface area (Å²) in [5, 5.41) is 5.41. The van der Waals surface area contributed by atoms with Gasteiger partial charge in [-0.2, -0.15) is 0 Å². The van der Waals surface area contributed by atoms with Gasteiger partial charge in [0, 0.05) is 10.6 Å². The van der Waals surface area contributed by atoms with Crippen molar-refractivity contribution in [3.05, 3.63) is 18.2 Å². The Kier molecular flexibility index (Phi) is 3.36. The SMILES string of the molecule is O=C(CCl)Nc1ccc2c(c1)SCC(=O)N2. The Morgan fingerprint density at radius 3 is 3.12 bits per heavy atom.